The Balaban J connectivity index is 2.86. The molecule has 0 atom stereocenters. The fourth-order valence-electron chi connectivity index (χ4n) is 0.939. The average Bonchev–Trinajstić information content (AvgIpc) is 2.27. The maximum atomic E-state index is 10.6. The molecule has 0 aromatic heterocycles. The van der Waals surface area contributed by atoms with Crippen molar-refractivity contribution in [3.8, 4) is 5.75 Å². The first-order valence-corrected chi connectivity index (χ1v) is 5.60. The Morgan fingerprint density at radius 1 is 1.69 bits per heavy atom. The second-order valence-electron chi connectivity index (χ2n) is 3.12. The molecule has 4 nitrogen and oxygen atoms in total. The highest BCUT2D eigenvalue weighted by atomic mass is 79.9. The zero-order valence-electron chi connectivity index (χ0n) is 8.44. The third-order valence-electron chi connectivity index (χ3n) is 1.77. The summed E-state index contributed by atoms with van der Waals surface area (Å²) in [5.41, 5.74) is 2.23. The standard InChI is InChI=1S/C10H9BrClNO3/c1-7(5-12)6-16-10-4-8(13(14)15)2-3-9(10)11/h2-5H,6H2,1H3/b7-5-. The lowest BCUT2D eigenvalue weighted by Crippen LogP contribution is -1.99. The van der Waals surface area contributed by atoms with Crippen LogP contribution in [-0.2, 0) is 0 Å². The van der Waals surface area contributed by atoms with Crippen LogP contribution in [0, 0.1) is 10.1 Å². The van der Waals surface area contributed by atoms with E-state index in [9.17, 15) is 10.1 Å². The van der Waals surface area contributed by atoms with E-state index in [2.05, 4.69) is 15.9 Å². The molecular weight excluding hydrogens is 297 g/mol. The van der Waals surface area contributed by atoms with Gasteiger partial charge in [0.1, 0.15) is 12.4 Å². The van der Waals surface area contributed by atoms with Crippen LogP contribution in [0.3, 0.4) is 0 Å². The van der Waals surface area contributed by atoms with Crippen LogP contribution in [0.1, 0.15) is 6.92 Å². The van der Waals surface area contributed by atoms with Crippen LogP contribution >= 0.6 is 27.5 Å². The number of benzene rings is 1. The number of halogens is 2. The van der Waals surface area contributed by atoms with Crippen molar-refractivity contribution in [3.05, 3.63) is 43.9 Å². The maximum absolute atomic E-state index is 10.6. The summed E-state index contributed by atoms with van der Waals surface area (Å²) in [5.74, 6) is 0.423. The van der Waals surface area contributed by atoms with Gasteiger partial charge >= 0.3 is 0 Å². The monoisotopic (exact) mass is 305 g/mol. The molecule has 0 aliphatic heterocycles. The van der Waals surface area contributed by atoms with Gasteiger partial charge < -0.3 is 4.74 Å². The predicted molar refractivity (Wildman–Crippen MR) is 65.9 cm³/mol. The maximum Gasteiger partial charge on any atom is 0.273 e. The molecule has 1 rings (SSSR count). The van der Waals surface area contributed by atoms with Crippen molar-refractivity contribution in [1.29, 1.82) is 0 Å². The lowest BCUT2D eigenvalue weighted by Gasteiger charge is -2.07. The lowest BCUT2D eigenvalue weighted by atomic mass is 10.3. The highest BCUT2D eigenvalue weighted by Gasteiger charge is 2.10. The summed E-state index contributed by atoms with van der Waals surface area (Å²) in [6.45, 7) is 2.10. The van der Waals surface area contributed by atoms with Crippen molar-refractivity contribution in [2.24, 2.45) is 0 Å². The lowest BCUT2D eigenvalue weighted by molar-refractivity contribution is -0.384. The third kappa shape index (κ3) is 3.50. The molecule has 1 aromatic carbocycles. The van der Waals surface area contributed by atoms with E-state index >= 15 is 0 Å². The number of hydrogen-bond donors (Lipinski definition) is 0. The number of nitro benzene ring substituents is 1. The molecule has 0 aliphatic carbocycles. The van der Waals surface area contributed by atoms with Crippen LogP contribution in [-0.4, -0.2) is 11.5 Å². The summed E-state index contributed by atoms with van der Waals surface area (Å²) in [4.78, 5) is 10.1. The Morgan fingerprint density at radius 3 is 2.94 bits per heavy atom. The van der Waals surface area contributed by atoms with Crippen molar-refractivity contribution in [1.82, 2.24) is 0 Å². The highest BCUT2D eigenvalue weighted by Crippen LogP contribution is 2.29. The minimum Gasteiger partial charge on any atom is -0.488 e. The molecule has 0 radical (unpaired) electrons. The molecule has 6 heteroatoms. The van der Waals surface area contributed by atoms with Crippen molar-refractivity contribution in [2.75, 3.05) is 6.61 Å². The molecule has 0 aliphatic rings. The van der Waals surface area contributed by atoms with Gasteiger partial charge in [-0.2, -0.15) is 0 Å². The zero-order valence-corrected chi connectivity index (χ0v) is 10.8. The Labute approximate surface area is 106 Å². The molecule has 0 saturated carbocycles. The van der Waals surface area contributed by atoms with Crippen molar-refractivity contribution >= 4 is 33.2 Å². The van der Waals surface area contributed by atoms with Gasteiger partial charge in [0.25, 0.3) is 5.69 Å². The number of rotatable bonds is 4. The molecule has 1 aromatic rings. The second kappa shape index (κ2) is 5.86. The van der Waals surface area contributed by atoms with E-state index in [4.69, 9.17) is 16.3 Å². The van der Waals surface area contributed by atoms with Gasteiger partial charge in [-0.15, -0.1) is 0 Å². The summed E-state index contributed by atoms with van der Waals surface area (Å²) in [7, 11) is 0. The summed E-state index contributed by atoms with van der Waals surface area (Å²) in [5, 5.41) is 10.6. The zero-order chi connectivity index (χ0) is 12.1. The van der Waals surface area contributed by atoms with E-state index in [0.717, 1.165) is 5.57 Å². The molecule has 0 fully saturated rings. The van der Waals surface area contributed by atoms with Crippen molar-refractivity contribution < 1.29 is 9.66 Å². The van der Waals surface area contributed by atoms with Crippen LogP contribution < -0.4 is 4.74 Å². The number of non-ortho nitro benzene ring substituents is 1. The van der Waals surface area contributed by atoms with E-state index in [1.54, 1.807) is 13.0 Å². The Bertz CT molecular complexity index is 434. The minimum absolute atomic E-state index is 0.00861. The number of hydrogen-bond acceptors (Lipinski definition) is 3. The molecule has 86 valence electrons. The van der Waals surface area contributed by atoms with E-state index in [1.165, 1.54) is 17.7 Å². The van der Waals surface area contributed by atoms with E-state index < -0.39 is 4.92 Å². The van der Waals surface area contributed by atoms with Gasteiger partial charge in [-0.3, -0.25) is 10.1 Å². The summed E-state index contributed by atoms with van der Waals surface area (Å²) in [6, 6.07) is 4.35. The van der Waals surface area contributed by atoms with Gasteiger partial charge in [-0.05, 0) is 34.5 Å². The van der Waals surface area contributed by atoms with Gasteiger partial charge in [0, 0.05) is 11.6 Å². The van der Waals surface area contributed by atoms with Crippen LogP contribution in [0.15, 0.2) is 33.8 Å². The summed E-state index contributed by atoms with van der Waals surface area (Å²) < 4.78 is 6.04. The summed E-state index contributed by atoms with van der Waals surface area (Å²) in [6.07, 6.45) is 0. The first-order chi connectivity index (χ1) is 7.54. The van der Waals surface area contributed by atoms with Crippen molar-refractivity contribution in [2.45, 2.75) is 6.92 Å². The SMILES string of the molecule is C/C(=C/Cl)COc1cc([N+](=O)[O-])ccc1Br. The van der Waals surface area contributed by atoms with Crippen molar-refractivity contribution in [3.63, 3.8) is 0 Å². The van der Waals surface area contributed by atoms with Gasteiger partial charge in [-0.1, -0.05) is 11.6 Å². The third-order valence-corrected chi connectivity index (χ3v) is 2.79. The number of nitrogens with zero attached hydrogens (tertiary/aromatic N) is 1. The minimum atomic E-state index is -0.469. The van der Waals surface area contributed by atoms with Gasteiger partial charge in [0.2, 0.25) is 0 Å². The quantitative estimate of drug-likeness (QED) is 0.626. The smallest absolute Gasteiger partial charge is 0.273 e. The summed E-state index contributed by atoms with van der Waals surface area (Å²) >= 11 is 8.73. The van der Waals surface area contributed by atoms with E-state index in [1.807, 2.05) is 0 Å². The first kappa shape index (κ1) is 13.0. The fourth-order valence-corrected chi connectivity index (χ4v) is 1.36. The molecule has 0 N–H and O–H groups in total. The topological polar surface area (TPSA) is 52.4 Å². The first-order valence-electron chi connectivity index (χ1n) is 4.37. The molecule has 0 saturated heterocycles. The van der Waals surface area contributed by atoms with Gasteiger partial charge in [0.15, 0.2) is 0 Å². The van der Waals surface area contributed by atoms with Crippen LogP contribution in [0.2, 0.25) is 0 Å². The predicted octanol–water partition coefficient (Wildman–Crippen LogP) is 3.88. The van der Waals surface area contributed by atoms with E-state index in [-0.39, 0.29) is 5.69 Å². The molecule has 0 bridgehead atoms. The number of ether oxygens (including phenoxy) is 1. The molecule has 16 heavy (non-hydrogen) atoms. The van der Waals surface area contributed by atoms with E-state index in [0.29, 0.717) is 16.8 Å². The Hall–Kier alpha value is -1.07. The molecule has 0 amide bonds. The normalized spacial score (nSPS) is 11.3. The van der Waals surface area contributed by atoms with Crippen LogP contribution in [0.4, 0.5) is 5.69 Å². The fraction of sp³-hybridized carbons (Fsp3) is 0.200. The Morgan fingerprint density at radius 2 is 2.38 bits per heavy atom. The Kier molecular flexibility index (Phi) is 4.76. The molecule has 0 heterocycles. The molecular formula is C10H9BrClNO3. The van der Waals surface area contributed by atoms with Crippen LogP contribution in [0.5, 0.6) is 5.75 Å². The average molecular weight is 307 g/mol. The van der Waals surface area contributed by atoms with Gasteiger partial charge in [-0.25, -0.2) is 0 Å². The molecule has 0 unspecified atom stereocenters. The largest absolute Gasteiger partial charge is 0.488 e. The van der Waals surface area contributed by atoms with Gasteiger partial charge in [0.05, 0.1) is 15.5 Å². The second-order valence-corrected chi connectivity index (χ2v) is 4.19. The van der Waals surface area contributed by atoms with Crippen LogP contribution in [0.25, 0.3) is 0 Å². The highest BCUT2D eigenvalue weighted by molar-refractivity contribution is 9.10. The number of nitro groups is 1. The molecule has 0 spiro atoms.